The molecule has 1 fully saturated rings. The number of pyridine rings is 1. The highest BCUT2D eigenvalue weighted by Crippen LogP contribution is 2.29. The molecule has 29 heavy (non-hydrogen) atoms. The first kappa shape index (κ1) is 18.1. The van der Waals surface area contributed by atoms with E-state index in [9.17, 15) is 0 Å². The Morgan fingerprint density at radius 2 is 2.00 bits per heavy atom. The summed E-state index contributed by atoms with van der Waals surface area (Å²) in [6.07, 6.45) is 4.84. The van der Waals surface area contributed by atoms with Crippen LogP contribution in [0.4, 0.5) is 0 Å². The molecule has 5 rings (SSSR count). The number of ether oxygens (including phenoxy) is 2. The molecule has 0 aliphatic carbocycles. The number of hydrogen-bond donors (Lipinski definition) is 1. The molecule has 150 valence electrons. The van der Waals surface area contributed by atoms with E-state index in [0.717, 1.165) is 84.8 Å². The fourth-order valence-electron chi connectivity index (χ4n) is 3.91. The number of H-pyrrole nitrogens is 1. The largest absolute Gasteiger partial charge is 0.494 e. The molecule has 1 saturated heterocycles. The van der Waals surface area contributed by atoms with Crippen LogP contribution in [0.3, 0.4) is 0 Å². The van der Waals surface area contributed by atoms with Gasteiger partial charge < -0.3 is 14.6 Å². The lowest BCUT2D eigenvalue weighted by molar-refractivity contribution is 0.0358. The van der Waals surface area contributed by atoms with Crippen molar-refractivity contribution in [2.45, 2.75) is 6.42 Å². The Kier molecular flexibility index (Phi) is 4.91. The molecule has 1 N–H and O–H groups in total. The van der Waals surface area contributed by atoms with E-state index in [1.54, 1.807) is 0 Å². The van der Waals surface area contributed by atoms with Crippen LogP contribution in [-0.4, -0.2) is 64.1 Å². The first-order chi connectivity index (χ1) is 14.3. The lowest BCUT2D eigenvalue weighted by Crippen LogP contribution is -2.37. The van der Waals surface area contributed by atoms with Crippen LogP contribution in [0, 0.1) is 0 Å². The predicted octanol–water partition coefficient (Wildman–Crippen LogP) is 3.22. The zero-order chi connectivity index (χ0) is 19.6. The molecule has 7 nitrogen and oxygen atoms in total. The number of nitrogens with zero attached hydrogens (tertiary/aromatic N) is 4. The summed E-state index contributed by atoms with van der Waals surface area (Å²) < 4.78 is 13.3. The van der Waals surface area contributed by atoms with Crippen molar-refractivity contribution < 1.29 is 9.47 Å². The summed E-state index contributed by atoms with van der Waals surface area (Å²) in [4.78, 5) is 11.6. The van der Waals surface area contributed by atoms with Gasteiger partial charge in [0.1, 0.15) is 5.75 Å². The first-order valence-corrected chi connectivity index (χ1v) is 10.1. The highest BCUT2D eigenvalue weighted by atomic mass is 16.5. The van der Waals surface area contributed by atoms with Crippen LogP contribution >= 0.6 is 0 Å². The maximum Gasteiger partial charge on any atom is 0.162 e. The van der Waals surface area contributed by atoms with Crippen molar-refractivity contribution in [1.29, 1.82) is 0 Å². The molecule has 0 saturated carbocycles. The van der Waals surface area contributed by atoms with Crippen molar-refractivity contribution in [3.8, 4) is 17.0 Å². The molecular formula is C22H25N5O2. The molecule has 1 aliphatic rings. The minimum absolute atomic E-state index is 0.723. The molecular weight excluding hydrogens is 366 g/mol. The third-order valence-corrected chi connectivity index (χ3v) is 5.49. The van der Waals surface area contributed by atoms with Crippen LogP contribution in [0.2, 0.25) is 0 Å². The third kappa shape index (κ3) is 3.71. The minimum atomic E-state index is 0.723. The molecule has 0 radical (unpaired) electrons. The van der Waals surface area contributed by atoms with E-state index in [4.69, 9.17) is 14.5 Å². The van der Waals surface area contributed by atoms with Gasteiger partial charge in [-0.05, 0) is 36.8 Å². The van der Waals surface area contributed by atoms with E-state index < -0.39 is 0 Å². The van der Waals surface area contributed by atoms with E-state index in [1.807, 2.05) is 36.3 Å². The second kappa shape index (κ2) is 7.85. The first-order valence-electron chi connectivity index (χ1n) is 10.1. The fraction of sp³-hybridized carbons (Fsp3) is 0.364. The lowest BCUT2D eigenvalue weighted by atomic mass is 10.1. The Hall–Kier alpha value is -2.90. The van der Waals surface area contributed by atoms with Crippen molar-refractivity contribution >= 4 is 21.9 Å². The molecule has 0 unspecified atom stereocenters. The van der Waals surface area contributed by atoms with E-state index in [0.29, 0.717) is 0 Å². The zero-order valence-electron chi connectivity index (χ0n) is 16.6. The quantitative estimate of drug-likeness (QED) is 0.511. The molecule has 0 atom stereocenters. The number of fused-ring (bicyclic) bond motifs is 3. The van der Waals surface area contributed by atoms with E-state index in [1.165, 1.54) is 0 Å². The van der Waals surface area contributed by atoms with Gasteiger partial charge in [0.25, 0.3) is 0 Å². The van der Waals surface area contributed by atoms with E-state index >= 15 is 0 Å². The van der Waals surface area contributed by atoms with Crippen LogP contribution in [0.5, 0.6) is 5.75 Å². The van der Waals surface area contributed by atoms with Crippen molar-refractivity contribution in [1.82, 2.24) is 24.6 Å². The van der Waals surface area contributed by atoms with Gasteiger partial charge in [0, 0.05) is 55.4 Å². The topological polar surface area (TPSA) is 68.2 Å². The summed E-state index contributed by atoms with van der Waals surface area (Å²) in [6, 6.07) is 10.3. The minimum Gasteiger partial charge on any atom is -0.494 e. The van der Waals surface area contributed by atoms with Gasteiger partial charge in [-0.1, -0.05) is 0 Å². The number of benzene rings is 1. The number of nitrogens with one attached hydrogen (secondary N) is 1. The summed E-state index contributed by atoms with van der Waals surface area (Å²) in [5.41, 5.74) is 3.88. The second-order valence-corrected chi connectivity index (χ2v) is 7.45. The summed E-state index contributed by atoms with van der Waals surface area (Å²) in [7, 11) is 2.00. The SMILES string of the molecule is Cn1[nH]cc2cnc3nc(-c4ccc(OCCCN5CCOCC5)cc4)cc3c21. The Morgan fingerprint density at radius 3 is 2.83 bits per heavy atom. The summed E-state index contributed by atoms with van der Waals surface area (Å²) >= 11 is 0. The second-order valence-electron chi connectivity index (χ2n) is 7.45. The van der Waals surface area contributed by atoms with Crippen molar-refractivity contribution in [2.24, 2.45) is 7.05 Å². The third-order valence-electron chi connectivity index (χ3n) is 5.49. The van der Waals surface area contributed by atoms with Gasteiger partial charge in [0.2, 0.25) is 0 Å². The summed E-state index contributed by atoms with van der Waals surface area (Å²) in [5.74, 6) is 0.893. The number of rotatable bonds is 6. The van der Waals surface area contributed by atoms with Crippen molar-refractivity contribution in [3.05, 3.63) is 42.7 Å². The normalized spacial score (nSPS) is 15.3. The maximum absolute atomic E-state index is 5.91. The Labute approximate surface area is 169 Å². The molecule has 7 heteroatoms. The Bertz CT molecular complexity index is 1110. The average Bonchev–Trinajstić information content (AvgIpc) is 3.36. The van der Waals surface area contributed by atoms with E-state index in [2.05, 4.69) is 33.2 Å². The smallest absolute Gasteiger partial charge is 0.162 e. The summed E-state index contributed by atoms with van der Waals surface area (Å²) in [5, 5.41) is 5.34. The van der Waals surface area contributed by atoms with Crippen molar-refractivity contribution in [3.63, 3.8) is 0 Å². The molecule has 0 amide bonds. The molecule has 4 heterocycles. The number of hydrogen-bond acceptors (Lipinski definition) is 5. The standard InChI is InChI=1S/C22H25N5O2/c1-26-21-17(15-24-26)14-23-22-19(21)13-20(25-22)16-3-5-18(6-4-16)29-10-2-7-27-8-11-28-12-9-27/h3-6,13-15,24H,2,7-12H2,1H3. The van der Waals surface area contributed by atoms with Crippen LogP contribution in [-0.2, 0) is 11.8 Å². The zero-order valence-corrected chi connectivity index (χ0v) is 16.6. The Morgan fingerprint density at radius 1 is 1.17 bits per heavy atom. The number of morpholine rings is 1. The highest BCUT2D eigenvalue weighted by Gasteiger charge is 2.12. The van der Waals surface area contributed by atoms with E-state index in [-0.39, 0.29) is 0 Å². The number of aromatic amines is 1. The fourth-order valence-corrected chi connectivity index (χ4v) is 3.91. The molecule has 1 aromatic carbocycles. The lowest BCUT2D eigenvalue weighted by Gasteiger charge is -2.26. The molecule has 3 aromatic heterocycles. The van der Waals surface area contributed by atoms with Gasteiger partial charge in [-0.3, -0.25) is 9.58 Å². The Balaban J connectivity index is 1.25. The molecule has 4 aromatic rings. The molecule has 1 aliphatic heterocycles. The number of aryl methyl sites for hydroxylation is 1. The molecule has 0 bridgehead atoms. The average molecular weight is 391 g/mol. The maximum atomic E-state index is 5.91. The summed E-state index contributed by atoms with van der Waals surface area (Å²) in [6.45, 7) is 5.52. The van der Waals surface area contributed by atoms with Gasteiger partial charge in [0.05, 0.1) is 31.0 Å². The van der Waals surface area contributed by atoms with Gasteiger partial charge in [-0.15, -0.1) is 0 Å². The predicted molar refractivity (Wildman–Crippen MR) is 113 cm³/mol. The number of aromatic nitrogens is 4. The van der Waals surface area contributed by atoms with Crippen molar-refractivity contribution in [2.75, 3.05) is 39.5 Å². The monoisotopic (exact) mass is 391 g/mol. The van der Waals surface area contributed by atoms with Crippen LogP contribution in [0.15, 0.2) is 42.7 Å². The highest BCUT2D eigenvalue weighted by molar-refractivity contribution is 6.04. The van der Waals surface area contributed by atoms with Gasteiger partial charge in [-0.2, -0.15) is 0 Å². The van der Waals surface area contributed by atoms with Crippen LogP contribution < -0.4 is 4.74 Å². The van der Waals surface area contributed by atoms with Gasteiger partial charge >= 0.3 is 0 Å². The van der Waals surface area contributed by atoms with Crippen LogP contribution in [0.25, 0.3) is 33.2 Å². The van der Waals surface area contributed by atoms with Gasteiger partial charge in [0.15, 0.2) is 5.65 Å². The van der Waals surface area contributed by atoms with Gasteiger partial charge in [-0.25, -0.2) is 9.97 Å². The molecule has 0 spiro atoms. The van der Waals surface area contributed by atoms with Crippen LogP contribution in [0.1, 0.15) is 6.42 Å².